The lowest BCUT2D eigenvalue weighted by Gasteiger charge is -2.14. The molecule has 1 atom stereocenters. The van der Waals surface area contributed by atoms with Crippen molar-refractivity contribution in [2.75, 3.05) is 24.3 Å². The van der Waals surface area contributed by atoms with E-state index in [9.17, 15) is 0 Å². The number of aliphatic hydroxyl groups is 1. The highest BCUT2D eigenvalue weighted by Crippen LogP contribution is 2.10. The van der Waals surface area contributed by atoms with Crippen LogP contribution < -0.4 is 15.8 Å². The Morgan fingerprint density at radius 1 is 1.35 bits per heavy atom. The Labute approximate surface area is 100 Å². The molecule has 0 aliphatic carbocycles. The molecule has 0 aromatic carbocycles. The molecule has 17 heavy (non-hydrogen) atoms. The van der Waals surface area contributed by atoms with Crippen LogP contribution in [0.2, 0.25) is 0 Å². The summed E-state index contributed by atoms with van der Waals surface area (Å²) in [6.07, 6.45) is 1.62. The second-order valence-electron chi connectivity index (χ2n) is 3.58. The van der Waals surface area contributed by atoms with Gasteiger partial charge in [0.2, 0.25) is 11.9 Å². The standard InChI is InChI=1S/C10H19N5O2/c1-3-5-17-10-14-8(11)13-9(15-10)12-7(4-2)6-16/h7,16H,3-6H2,1-2H3,(H3,11,12,13,14,15). The van der Waals surface area contributed by atoms with Gasteiger partial charge in [0.15, 0.2) is 0 Å². The van der Waals surface area contributed by atoms with E-state index in [-0.39, 0.29) is 24.6 Å². The predicted molar refractivity (Wildman–Crippen MR) is 64.8 cm³/mol. The molecular formula is C10H19N5O2. The van der Waals surface area contributed by atoms with Gasteiger partial charge in [-0.15, -0.1) is 0 Å². The summed E-state index contributed by atoms with van der Waals surface area (Å²) < 4.78 is 5.28. The highest BCUT2D eigenvalue weighted by molar-refractivity contribution is 5.33. The van der Waals surface area contributed by atoms with Crippen LogP contribution in [0.25, 0.3) is 0 Å². The number of hydrogen-bond acceptors (Lipinski definition) is 7. The van der Waals surface area contributed by atoms with Crippen LogP contribution in [-0.2, 0) is 0 Å². The van der Waals surface area contributed by atoms with Gasteiger partial charge in [-0.2, -0.15) is 15.0 Å². The van der Waals surface area contributed by atoms with Crippen LogP contribution in [0.15, 0.2) is 0 Å². The van der Waals surface area contributed by atoms with Crippen molar-refractivity contribution in [3.8, 4) is 6.01 Å². The van der Waals surface area contributed by atoms with E-state index in [4.69, 9.17) is 15.6 Å². The second-order valence-corrected chi connectivity index (χ2v) is 3.58. The lowest BCUT2D eigenvalue weighted by Crippen LogP contribution is -2.24. The summed E-state index contributed by atoms with van der Waals surface area (Å²) in [5.41, 5.74) is 5.55. The minimum Gasteiger partial charge on any atom is -0.463 e. The van der Waals surface area contributed by atoms with E-state index >= 15 is 0 Å². The lowest BCUT2D eigenvalue weighted by molar-refractivity contribution is 0.270. The van der Waals surface area contributed by atoms with Crippen molar-refractivity contribution in [3.63, 3.8) is 0 Å². The summed E-state index contributed by atoms with van der Waals surface area (Å²) in [5, 5.41) is 12.0. The number of nitrogens with one attached hydrogen (secondary N) is 1. The number of nitrogen functional groups attached to an aromatic ring is 1. The monoisotopic (exact) mass is 241 g/mol. The molecule has 7 nitrogen and oxygen atoms in total. The van der Waals surface area contributed by atoms with Crippen molar-refractivity contribution in [2.24, 2.45) is 0 Å². The number of hydrogen-bond donors (Lipinski definition) is 3. The van der Waals surface area contributed by atoms with Crippen LogP contribution in [-0.4, -0.2) is 39.3 Å². The van der Waals surface area contributed by atoms with E-state index in [1.807, 2.05) is 13.8 Å². The molecule has 0 fully saturated rings. The summed E-state index contributed by atoms with van der Waals surface area (Å²) in [7, 11) is 0. The predicted octanol–water partition coefficient (Wildman–Crippen LogP) is 0.425. The van der Waals surface area contributed by atoms with Crippen molar-refractivity contribution < 1.29 is 9.84 Å². The molecule has 1 unspecified atom stereocenters. The van der Waals surface area contributed by atoms with E-state index in [1.54, 1.807) is 0 Å². The number of anilines is 2. The number of ether oxygens (including phenoxy) is 1. The van der Waals surface area contributed by atoms with Gasteiger partial charge in [-0.3, -0.25) is 0 Å². The van der Waals surface area contributed by atoms with Crippen LogP contribution in [0.3, 0.4) is 0 Å². The first-order chi connectivity index (χ1) is 8.19. The number of rotatable bonds is 7. The average molecular weight is 241 g/mol. The Hall–Kier alpha value is -1.63. The summed E-state index contributed by atoms with van der Waals surface area (Å²) in [4.78, 5) is 11.9. The summed E-state index contributed by atoms with van der Waals surface area (Å²) in [6.45, 7) is 4.48. The van der Waals surface area contributed by atoms with Crippen molar-refractivity contribution in [1.29, 1.82) is 0 Å². The largest absolute Gasteiger partial charge is 0.463 e. The zero-order valence-corrected chi connectivity index (χ0v) is 10.2. The van der Waals surface area contributed by atoms with Gasteiger partial charge in [0.25, 0.3) is 0 Å². The first-order valence-electron chi connectivity index (χ1n) is 5.71. The second kappa shape index (κ2) is 6.85. The molecule has 0 aliphatic rings. The molecule has 1 aromatic rings. The summed E-state index contributed by atoms with van der Waals surface area (Å²) in [5.74, 6) is 0.422. The average Bonchev–Trinajstić information content (AvgIpc) is 2.32. The molecule has 0 aliphatic heterocycles. The van der Waals surface area contributed by atoms with Gasteiger partial charge >= 0.3 is 6.01 Å². The number of aliphatic hydroxyl groups excluding tert-OH is 1. The van der Waals surface area contributed by atoms with Gasteiger partial charge in [-0.05, 0) is 12.8 Å². The maximum absolute atomic E-state index is 9.07. The normalized spacial score (nSPS) is 12.2. The van der Waals surface area contributed by atoms with E-state index in [0.29, 0.717) is 12.6 Å². The third-order valence-corrected chi connectivity index (χ3v) is 2.11. The molecule has 96 valence electrons. The van der Waals surface area contributed by atoms with Gasteiger partial charge in [-0.1, -0.05) is 13.8 Å². The molecule has 0 spiro atoms. The van der Waals surface area contributed by atoms with E-state index < -0.39 is 0 Å². The van der Waals surface area contributed by atoms with Crippen LogP contribution >= 0.6 is 0 Å². The number of nitrogens with two attached hydrogens (primary N) is 1. The van der Waals surface area contributed by atoms with E-state index in [2.05, 4.69) is 20.3 Å². The Kier molecular flexibility index (Phi) is 5.41. The highest BCUT2D eigenvalue weighted by Gasteiger charge is 2.09. The smallest absolute Gasteiger partial charge is 0.323 e. The molecule has 0 radical (unpaired) electrons. The Morgan fingerprint density at radius 3 is 2.71 bits per heavy atom. The molecule has 0 saturated carbocycles. The fourth-order valence-corrected chi connectivity index (χ4v) is 1.15. The molecule has 7 heteroatoms. The minimum atomic E-state index is -0.101. The van der Waals surface area contributed by atoms with Gasteiger partial charge in [0.1, 0.15) is 0 Å². The molecule has 4 N–H and O–H groups in total. The maximum Gasteiger partial charge on any atom is 0.323 e. The number of nitrogens with zero attached hydrogens (tertiary/aromatic N) is 3. The topological polar surface area (TPSA) is 106 Å². The zero-order valence-electron chi connectivity index (χ0n) is 10.2. The van der Waals surface area contributed by atoms with Crippen LogP contribution in [0.4, 0.5) is 11.9 Å². The Morgan fingerprint density at radius 2 is 2.12 bits per heavy atom. The molecule has 1 rings (SSSR count). The Balaban J connectivity index is 2.74. The van der Waals surface area contributed by atoms with Gasteiger partial charge < -0.3 is 20.9 Å². The van der Waals surface area contributed by atoms with Crippen molar-refractivity contribution >= 4 is 11.9 Å². The molecule has 1 heterocycles. The fraction of sp³-hybridized carbons (Fsp3) is 0.700. The number of aromatic nitrogens is 3. The highest BCUT2D eigenvalue weighted by atomic mass is 16.5. The molecule has 0 amide bonds. The SMILES string of the molecule is CCCOc1nc(N)nc(NC(CC)CO)n1. The fourth-order valence-electron chi connectivity index (χ4n) is 1.15. The minimum absolute atomic E-state index is 0.00718. The third-order valence-electron chi connectivity index (χ3n) is 2.11. The van der Waals surface area contributed by atoms with E-state index in [0.717, 1.165) is 12.8 Å². The summed E-state index contributed by atoms with van der Waals surface area (Å²) in [6, 6.07) is 0.102. The van der Waals surface area contributed by atoms with Gasteiger partial charge in [-0.25, -0.2) is 0 Å². The van der Waals surface area contributed by atoms with Crippen molar-refractivity contribution in [3.05, 3.63) is 0 Å². The van der Waals surface area contributed by atoms with E-state index in [1.165, 1.54) is 0 Å². The Bertz CT molecular complexity index is 343. The quantitative estimate of drug-likeness (QED) is 0.635. The molecule has 1 aromatic heterocycles. The zero-order chi connectivity index (χ0) is 12.7. The molecular weight excluding hydrogens is 222 g/mol. The lowest BCUT2D eigenvalue weighted by atomic mass is 10.2. The maximum atomic E-state index is 9.07. The molecule has 0 saturated heterocycles. The van der Waals surface area contributed by atoms with Crippen molar-refractivity contribution in [1.82, 2.24) is 15.0 Å². The van der Waals surface area contributed by atoms with Crippen LogP contribution in [0.1, 0.15) is 26.7 Å². The first-order valence-corrected chi connectivity index (χ1v) is 5.71. The third kappa shape index (κ3) is 4.39. The molecule has 0 bridgehead atoms. The van der Waals surface area contributed by atoms with Crippen LogP contribution in [0.5, 0.6) is 6.01 Å². The van der Waals surface area contributed by atoms with Crippen LogP contribution in [0, 0.1) is 0 Å². The summed E-state index contributed by atoms with van der Waals surface area (Å²) >= 11 is 0. The first kappa shape index (κ1) is 13.4. The van der Waals surface area contributed by atoms with Gasteiger partial charge in [0, 0.05) is 0 Å². The van der Waals surface area contributed by atoms with Crippen molar-refractivity contribution in [2.45, 2.75) is 32.7 Å². The van der Waals surface area contributed by atoms with Gasteiger partial charge in [0.05, 0.1) is 19.3 Å².